The number of hydrazine groups is 1. The minimum Gasteiger partial charge on any atom is -0.481 e. The zero-order valence-corrected chi connectivity index (χ0v) is 15.8. The van der Waals surface area contributed by atoms with Gasteiger partial charge in [0, 0.05) is 5.56 Å². The third-order valence-corrected chi connectivity index (χ3v) is 4.26. The van der Waals surface area contributed by atoms with Crippen molar-refractivity contribution in [3.63, 3.8) is 0 Å². The van der Waals surface area contributed by atoms with Crippen molar-refractivity contribution in [2.75, 3.05) is 0 Å². The lowest BCUT2D eigenvalue weighted by atomic mass is 10.0. The summed E-state index contributed by atoms with van der Waals surface area (Å²) in [6.07, 6.45) is -0.747. The normalized spacial score (nSPS) is 11.4. The van der Waals surface area contributed by atoms with Gasteiger partial charge in [0.2, 0.25) is 0 Å². The van der Waals surface area contributed by atoms with Crippen LogP contribution in [0.5, 0.6) is 5.75 Å². The van der Waals surface area contributed by atoms with Gasteiger partial charge in [-0.15, -0.1) is 0 Å². The largest absolute Gasteiger partial charge is 0.481 e. The number of benzene rings is 3. The maximum absolute atomic E-state index is 12.2. The molecule has 0 saturated carbocycles. The Kier molecular flexibility index (Phi) is 6.07. The van der Waals surface area contributed by atoms with Gasteiger partial charge in [0.15, 0.2) is 6.10 Å². The van der Waals surface area contributed by atoms with E-state index >= 15 is 0 Å². The second kappa shape index (κ2) is 8.86. The highest BCUT2D eigenvalue weighted by molar-refractivity contribution is 5.96. The highest BCUT2D eigenvalue weighted by atomic mass is 16.5. The van der Waals surface area contributed by atoms with Gasteiger partial charge in [-0.1, -0.05) is 60.2 Å². The molecule has 0 radical (unpaired) electrons. The van der Waals surface area contributed by atoms with Crippen LogP contribution in [0.15, 0.2) is 78.9 Å². The lowest BCUT2D eigenvalue weighted by Gasteiger charge is -2.15. The summed E-state index contributed by atoms with van der Waals surface area (Å²) < 4.78 is 5.57. The van der Waals surface area contributed by atoms with Crippen molar-refractivity contribution in [1.29, 1.82) is 0 Å². The summed E-state index contributed by atoms with van der Waals surface area (Å²) in [5.74, 6) is -0.235. The molecular formula is C23H22N2O3. The number of hydrogen-bond acceptors (Lipinski definition) is 3. The summed E-state index contributed by atoms with van der Waals surface area (Å²) in [7, 11) is 0. The van der Waals surface area contributed by atoms with Gasteiger partial charge in [-0.3, -0.25) is 20.4 Å². The van der Waals surface area contributed by atoms with Crippen LogP contribution in [0, 0.1) is 6.92 Å². The van der Waals surface area contributed by atoms with Gasteiger partial charge in [0.1, 0.15) is 5.75 Å². The highest BCUT2D eigenvalue weighted by Gasteiger charge is 2.16. The Morgan fingerprint density at radius 2 is 1.39 bits per heavy atom. The minimum atomic E-state index is -0.747. The van der Waals surface area contributed by atoms with E-state index in [2.05, 4.69) is 10.9 Å². The molecule has 0 aliphatic rings. The van der Waals surface area contributed by atoms with Crippen LogP contribution in [0.3, 0.4) is 0 Å². The molecule has 1 unspecified atom stereocenters. The number of ether oxygens (including phenoxy) is 1. The summed E-state index contributed by atoms with van der Waals surface area (Å²) >= 11 is 0. The predicted octanol–water partition coefficient (Wildman–Crippen LogP) is 3.89. The molecule has 0 aliphatic heterocycles. The molecule has 3 rings (SSSR count). The molecular weight excluding hydrogens is 352 g/mol. The van der Waals surface area contributed by atoms with Crippen molar-refractivity contribution in [2.45, 2.75) is 20.0 Å². The van der Waals surface area contributed by atoms with Gasteiger partial charge in [0.05, 0.1) is 0 Å². The maximum atomic E-state index is 12.2. The van der Waals surface area contributed by atoms with Gasteiger partial charge in [-0.05, 0) is 49.2 Å². The molecule has 0 fully saturated rings. The van der Waals surface area contributed by atoms with Crippen molar-refractivity contribution >= 4 is 11.8 Å². The SMILES string of the molecule is Cc1ccc(OC(C)C(=O)NNC(=O)c2ccc(-c3ccccc3)cc2)cc1. The van der Waals surface area contributed by atoms with Gasteiger partial charge < -0.3 is 4.74 Å². The van der Waals surface area contributed by atoms with Crippen molar-refractivity contribution in [3.8, 4) is 16.9 Å². The van der Waals surface area contributed by atoms with E-state index in [4.69, 9.17) is 4.74 Å². The molecule has 2 amide bonds. The Hall–Kier alpha value is -3.60. The van der Waals surface area contributed by atoms with E-state index in [0.29, 0.717) is 11.3 Å². The first-order valence-electron chi connectivity index (χ1n) is 9.02. The molecule has 0 saturated heterocycles. The Balaban J connectivity index is 1.53. The smallest absolute Gasteiger partial charge is 0.279 e. The molecule has 0 aromatic heterocycles. The average molecular weight is 374 g/mol. The second-order valence-electron chi connectivity index (χ2n) is 6.46. The van der Waals surface area contributed by atoms with Crippen LogP contribution in [-0.4, -0.2) is 17.9 Å². The van der Waals surface area contributed by atoms with Crippen molar-refractivity contribution in [3.05, 3.63) is 90.0 Å². The van der Waals surface area contributed by atoms with Crippen LogP contribution < -0.4 is 15.6 Å². The molecule has 28 heavy (non-hydrogen) atoms. The van der Waals surface area contributed by atoms with Crippen molar-refractivity contribution in [1.82, 2.24) is 10.9 Å². The first kappa shape index (κ1) is 19.2. The number of amides is 2. The van der Waals surface area contributed by atoms with E-state index in [9.17, 15) is 9.59 Å². The van der Waals surface area contributed by atoms with Gasteiger partial charge in [-0.2, -0.15) is 0 Å². The van der Waals surface area contributed by atoms with E-state index in [1.165, 1.54) is 0 Å². The molecule has 142 valence electrons. The van der Waals surface area contributed by atoms with Gasteiger partial charge in [0.25, 0.3) is 11.8 Å². The Bertz CT molecular complexity index is 936. The van der Waals surface area contributed by atoms with E-state index < -0.39 is 17.9 Å². The predicted molar refractivity (Wildman–Crippen MR) is 109 cm³/mol. The summed E-state index contributed by atoms with van der Waals surface area (Å²) in [5.41, 5.74) is 8.46. The Labute approximate surface area is 164 Å². The molecule has 2 N–H and O–H groups in total. The van der Waals surface area contributed by atoms with Crippen molar-refractivity contribution < 1.29 is 14.3 Å². The zero-order chi connectivity index (χ0) is 19.9. The lowest BCUT2D eigenvalue weighted by molar-refractivity contribution is -0.128. The lowest BCUT2D eigenvalue weighted by Crippen LogP contribution is -2.47. The molecule has 5 heteroatoms. The standard InChI is InChI=1S/C23H22N2O3/c1-16-8-14-21(15-9-16)28-17(2)22(26)24-25-23(27)20-12-10-19(11-13-20)18-6-4-3-5-7-18/h3-15,17H,1-2H3,(H,24,26)(H,25,27). The molecule has 5 nitrogen and oxygen atoms in total. The van der Waals surface area contributed by atoms with Gasteiger partial charge >= 0.3 is 0 Å². The average Bonchev–Trinajstić information content (AvgIpc) is 2.74. The number of rotatable bonds is 5. The summed E-state index contributed by atoms with van der Waals surface area (Å²) in [6.45, 7) is 3.60. The number of hydrogen-bond donors (Lipinski definition) is 2. The fourth-order valence-electron chi connectivity index (χ4n) is 2.61. The number of carbonyl (C=O) groups is 2. The number of aryl methyl sites for hydroxylation is 1. The monoisotopic (exact) mass is 374 g/mol. The van der Waals surface area contributed by atoms with Gasteiger partial charge in [-0.25, -0.2) is 0 Å². The number of nitrogens with one attached hydrogen (secondary N) is 2. The fraction of sp³-hybridized carbons (Fsp3) is 0.130. The van der Waals surface area contributed by atoms with Crippen LogP contribution >= 0.6 is 0 Å². The maximum Gasteiger partial charge on any atom is 0.279 e. The summed E-state index contributed by atoms with van der Waals surface area (Å²) in [5, 5.41) is 0. The number of carbonyl (C=O) groups excluding carboxylic acids is 2. The quantitative estimate of drug-likeness (QED) is 0.666. The summed E-state index contributed by atoms with van der Waals surface area (Å²) in [6, 6.07) is 24.5. The van der Waals surface area contributed by atoms with E-state index in [-0.39, 0.29) is 0 Å². The van der Waals surface area contributed by atoms with Crippen LogP contribution in [-0.2, 0) is 4.79 Å². The molecule has 3 aromatic carbocycles. The highest BCUT2D eigenvalue weighted by Crippen LogP contribution is 2.19. The van der Waals surface area contributed by atoms with Crippen molar-refractivity contribution in [2.24, 2.45) is 0 Å². The van der Waals surface area contributed by atoms with E-state index in [0.717, 1.165) is 16.7 Å². The van der Waals surface area contributed by atoms with Crippen LogP contribution in [0.25, 0.3) is 11.1 Å². The molecule has 3 aromatic rings. The molecule has 0 spiro atoms. The Morgan fingerprint density at radius 3 is 2.04 bits per heavy atom. The van der Waals surface area contributed by atoms with Crippen LogP contribution in [0.4, 0.5) is 0 Å². The fourth-order valence-corrected chi connectivity index (χ4v) is 2.61. The third kappa shape index (κ3) is 4.98. The first-order valence-corrected chi connectivity index (χ1v) is 9.02. The van der Waals surface area contributed by atoms with E-state index in [1.807, 2.05) is 61.5 Å². The third-order valence-electron chi connectivity index (χ3n) is 4.26. The van der Waals surface area contributed by atoms with Crippen LogP contribution in [0.1, 0.15) is 22.8 Å². The minimum absolute atomic E-state index is 0.393. The molecule has 1 atom stereocenters. The van der Waals surface area contributed by atoms with Crippen LogP contribution in [0.2, 0.25) is 0 Å². The molecule has 0 aliphatic carbocycles. The molecule has 0 heterocycles. The first-order chi connectivity index (χ1) is 13.5. The topological polar surface area (TPSA) is 67.4 Å². The summed E-state index contributed by atoms with van der Waals surface area (Å²) in [4.78, 5) is 24.4. The zero-order valence-electron chi connectivity index (χ0n) is 15.8. The Morgan fingerprint density at radius 1 is 0.786 bits per heavy atom. The molecule has 0 bridgehead atoms. The second-order valence-corrected chi connectivity index (χ2v) is 6.46. The van der Waals surface area contributed by atoms with E-state index in [1.54, 1.807) is 31.2 Å².